The SMILES string of the molecule is CNc1ncc(-c2nc3ccc(OC(C)C)cn3n2)c2cc(NC(=O)C3CC3)nnc12. The van der Waals surface area contributed by atoms with Crippen LogP contribution in [0.3, 0.4) is 0 Å². The predicted octanol–water partition coefficient (Wildman–Crippen LogP) is 2.91. The first-order chi connectivity index (χ1) is 15.0. The number of nitrogens with one attached hydrogen (secondary N) is 2. The highest BCUT2D eigenvalue weighted by Crippen LogP contribution is 2.32. The summed E-state index contributed by atoms with van der Waals surface area (Å²) in [4.78, 5) is 21.3. The van der Waals surface area contributed by atoms with Crippen molar-refractivity contribution in [2.75, 3.05) is 17.7 Å². The molecule has 5 rings (SSSR count). The molecule has 10 nitrogen and oxygen atoms in total. The van der Waals surface area contributed by atoms with Crippen molar-refractivity contribution in [2.45, 2.75) is 32.8 Å². The van der Waals surface area contributed by atoms with Crippen LogP contribution in [0.15, 0.2) is 30.6 Å². The Labute approximate surface area is 178 Å². The van der Waals surface area contributed by atoms with E-state index in [9.17, 15) is 4.79 Å². The molecule has 158 valence electrons. The van der Waals surface area contributed by atoms with Gasteiger partial charge in [0.1, 0.15) is 11.3 Å². The highest BCUT2D eigenvalue weighted by molar-refractivity contribution is 6.01. The van der Waals surface area contributed by atoms with Crippen LogP contribution >= 0.6 is 0 Å². The highest BCUT2D eigenvalue weighted by atomic mass is 16.5. The second-order valence-corrected chi connectivity index (χ2v) is 7.80. The Bertz CT molecular complexity index is 1300. The van der Waals surface area contributed by atoms with E-state index in [2.05, 4.69) is 35.9 Å². The molecule has 4 aromatic rings. The Morgan fingerprint density at radius 1 is 1.26 bits per heavy atom. The lowest BCUT2D eigenvalue weighted by atomic mass is 10.1. The molecule has 0 bridgehead atoms. The number of hydrogen-bond donors (Lipinski definition) is 2. The van der Waals surface area contributed by atoms with Crippen molar-refractivity contribution < 1.29 is 9.53 Å². The number of nitrogens with zero attached hydrogens (tertiary/aromatic N) is 6. The van der Waals surface area contributed by atoms with Crippen molar-refractivity contribution in [1.82, 2.24) is 29.8 Å². The highest BCUT2D eigenvalue weighted by Gasteiger charge is 2.30. The third-order valence-corrected chi connectivity index (χ3v) is 4.98. The van der Waals surface area contributed by atoms with Gasteiger partial charge in [-0.25, -0.2) is 14.5 Å². The minimum absolute atomic E-state index is 0.0263. The van der Waals surface area contributed by atoms with Crippen molar-refractivity contribution in [3.63, 3.8) is 0 Å². The fourth-order valence-corrected chi connectivity index (χ4v) is 3.35. The molecule has 0 unspecified atom stereocenters. The van der Waals surface area contributed by atoms with Crippen LogP contribution in [0.25, 0.3) is 27.9 Å². The molecule has 4 aromatic heterocycles. The Morgan fingerprint density at radius 2 is 2.10 bits per heavy atom. The van der Waals surface area contributed by atoms with Crippen LogP contribution in [0.5, 0.6) is 5.75 Å². The number of aromatic nitrogens is 6. The number of ether oxygens (including phenoxy) is 1. The summed E-state index contributed by atoms with van der Waals surface area (Å²) < 4.78 is 7.42. The van der Waals surface area contributed by atoms with Crippen molar-refractivity contribution in [1.29, 1.82) is 0 Å². The molecule has 0 aliphatic heterocycles. The van der Waals surface area contributed by atoms with Gasteiger partial charge in [-0.15, -0.1) is 15.3 Å². The van der Waals surface area contributed by atoms with E-state index in [-0.39, 0.29) is 17.9 Å². The summed E-state index contributed by atoms with van der Waals surface area (Å²) in [5.74, 6) is 2.24. The molecular weight excluding hydrogens is 396 g/mol. The topological polar surface area (TPSA) is 119 Å². The fraction of sp³-hybridized carbons (Fsp3) is 0.333. The number of anilines is 2. The number of pyridine rings is 2. The van der Waals surface area contributed by atoms with Gasteiger partial charge in [0, 0.05) is 30.1 Å². The quantitative estimate of drug-likeness (QED) is 0.491. The summed E-state index contributed by atoms with van der Waals surface area (Å²) in [6.07, 6.45) is 5.39. The van der Waals surface area contributed by atoms with E-state index in [1.165, 1.54) is 0 Å². The molecule has 0 radical (unpaired) electrons. The van der Waals surface area contributed by atoms with Gasteiger partial charge in [0.15, 0.2) is 23.1 Å². The molecule has 1 saturated carbocycles. The summed E-state index contributed by atoms with van der Waals surface area (Å²) in [5.41, 5.74) is 1.95. The minimum Gasteiger partial charge on any atom is -0.489 e. The summed E-state index contributed by atoms with van der Waals surface area (Å²) in [5, 5.41) is 19.7. The first-order valence-electron chi connectivity index (χ1n) is 10.2. The van der Waals surface area contributed by atoms with Gasteiger partial charge in [-0.2, -0.15) is 0 Å². The molecule has 31 heavy (non-hydrogen) atoms. The van der Waals surface area contributed by atoms with Crippen molar-refractivity contribution in [2.24, 2.45) is 5.92 Å². The molecule has 0 aromatic carbocycles. The molecule has 2 N–H and O–H groups in total. The molecule has 0 saturated heterocycles. The maximum absolute atomic E-state index is 12.2. The first kappa shape index (κ1) is 19.2. The number of carbonyl (C=O) groups is 1. The Balaban J connectivity index is 1.59. The average molecular weight is 418 g/mol. The molecule has 4 heterocycles. The van der Waals surface area contributed by atoms with E-state index in [1.807, 2.05) is 26.0 Å². The minimum atomic E-state index is -0.0263. The van der Waals surface area contributed by atoms with Gasteiger partial charge in [0.25, 0.3) is 0 Å². The predicted molar refractivity (Wildman–Crippen MR) is 116 cm³/mol. The Kier molecular flexibility index (Phi) is 4.61. The molecule has 0 spiro atoms. The lowest BCUT2D eigenvalue weighted by Gasteiger charge is -2.09. The second-order valence-electron chi connectivity index (χ2n) is 7.80. The lowest BCUT2D eigenvalue weighted by Crippen LogP contribution is -2.15. The van der Waals surface area contributed by atoms with E-state index < -0.39 is 0 Å². The maximum Gasteiger partial charge on any atom is 0.228 e. The van der Waals surface area contributed by atoms with Crippen molar-refractivity contribution in [3.8, 4) is 17.1 Å². The maximum atomic E-state index is 12.2. The van der Waals surface area contributed by atoms with Gasteiger partial charge < -0.3 is 15.4 Å². The molecule has 1 aliphatic carbocycles. The van der Waals surface area contributed by atoms with Crippen LogP contribution < -0.4 is 15.4 Å². The van der Waals surface area contributed by atoms with Gasteiger partial charge >= 0.3 is 0 Å². The van der Waals surface area contributed by atoms with Crippen LogP contribution in [0.1, 0.15) is 26.7 Å². The number of rotatable bonds is 6. The van der Waals surface area contributed by atoms with E-state index >= 15 is 0 Å². The number of hydrogen-bond acceptors (Lipinski definition) is 8. The van der Waals surface area contributed by atoms with Crippen LogP contribution in [0.4, 0.5) is 11.6 Å². The van der Waals surface area contributed by atoms with E-state index in [1.54, 1.807) is 30.0 Å². The van der Waals surface area contributed by atoms with Crippen LogP contribution in [-0.4, -0.2) is 48.8 Å². The van der Waals surface area contributed by atoms with E-state index in [4.69, 9.17) is 4.74 Å². The Hall–Kier alpha value is -3.82. The summed E-state index contributed by atoms with van der Waals surface area (Å²) >= 11 is 0. The second kappa shape index (κ2) is 7.46. The molecule has 10 heteroatoms. The van der Waals surface area contributed by atoms with Crippen LogP contribution in [0, 0.1) is 5.92 Å². The molecular formula is C21H22N8O2. The third-order valence-electron chi connectivity index (χ3n) is 4.98. The summed E-state index contributed by atoms with van der Waals surface area (Å²) in [6, 6.07) is 5.51. The smallest absolute Gasteiger partial charge is 0.228 e. The Morgan fingerprint density at radius 3 is 2.84 bits per heavy atom. The molecule has 1 fully saturated rings. The van der Waals surface area contributed by atoms with E-state index in [0.29, 0.717) is 39.9 Å². The molecule has 1 aliphatic rings. The van der Waals surface area contributed by atoms with Gasteiger partial charge in [-0.3, -0.25) is 4.79 Å². The number of carbonyl (C=O) groups excluding carboxylic acids is 1. The van der Waals surface area contributed by atoms with Crippen LogP contribution in [0.2, 0.25) is 0 Å². The zero-order valence-electron chi connectivity index (χ0n) is 17.5. The third kappa shape index (κ3) is 3.72. The lowest BCUT2D eigenvalue weighted by molar-refractivity contribution is -0.117. The molecule has 1 amide bonds. The monoisotopic (exact) mass is 418 g/mol. The van der Waals surface area contributed by atoms with Crippen molar-refractivity contribution >= 4 is 34.1 Å². The van der Waals surface area contributed by atoms with Gasteiger partial charge in [0.2, 0.25) is 5.91 Å². The fourth-order valence-electron chi connectivity index (χ4n) is 3.35. The van der Waals surface area contributed by atoms with Crippen molar-refractivity contribution in [3.05, 3.63) is 30.6 Å². The van der Waals surface area contributed by atoms with E-state index in [0.717, 1.165) is 18.2 Å². The zero-order valence-corrected chi connectivity index (χ0v) is 17.5. The zero-order chi connectivity index (χ0) is 21.5. The first-order valence-corrected chi connectivity index (χ1v) is 10.2. The van der Waals surface area contributed by atoms with Gasteiger partial charge in [-0.05, 0) is 44.9 Å². The van der Waals surface area contributed by atoms with Crippen LogP contribution in [-0.2, 0) is 4.79 Å². The normalized spacial score (nSPS) is 13.7. The van der Waals surface area contributed by atoms with Gasteiger partial charge in [-0.1, -0.05) is 0 Å². The molecule has 0 atom stereocenters. The summed E-state index contributed by atoms with van der Waals surface area (Å²) in [7, 11) is 1.77. The number of amides is 1. The average Bonchev–Trinajstić information content (AvgIpc) is 3.52. The number of fused-ring (bicyclic) bond motifs is 2. The standard InChI is InChI=1S/C21H22N8O2/c1-11(2)31-13-6-7-17-25-19(28-29(17)10-13)15-9-23-20(22-3)18-14(15)8-16(26-27-18)24-21(30)12-4-5-12/h6-12H,4-5H2,1-3H3,(H,22,23)(H,24,26,30). The van der Waals surface area contributed by atoms with Gasteiger partial charge in [0.05, 0.1) is 12.3 Å². The largest absolute Gasteiger partial charge is 0.489 e. The summed E-state index contributed by atoms with van der Waals surface area (Å²) in [6.45, 7) is 3.94.